The molecule has 3 aromatic heterocycles. The lowest BCUT2D eigenvalue weighted by atomic mass is 10.2. The lowest BCUT2D eigenvalue weighted by Crippen LogP contribution is -2.14. The van der Waals surface area contributed by atoms with Crippen molar-refractivity contribution in [2.45, 2.75) is 6.92 Å². The van der Waals surface area contributed by atoms with Crippen LogP contribution in [0.4, 0.5) is 11.5 Å². The molecular formula is C24H19N7O. The van der Waals surface area contributed by atoms with Crippen LogP contribution >= 0.6 is 0 Å². The van der Waals surface area contributed by atoms with Crippen LogP contribution in [0, 0.1) is 6.92 Å². The smallest absolute Gasteiger partial charge is 0.261 e. The fourth-order valence-electron chi connectivity index (χ4n) is 3.39. The standard InChI is InChI=1S/C24H19N7O/c1-15-9-11-16(12-10-15)28-24(32)20-21-23(30-19-8-3-2-7-18(19)29-21)31(22(20)25)27-14-17-6-4-5-13-26-17/h2-14H,25H2,1H3,(H,28,32)/b27-14+. The zero-order valence-corrected chi connectivity index (χ0v) is 17.2. The van der Waals surface area contributed by atoms with Crippen molar-refractivity contribution in [1.29, 1.82) is 0 Å². The molecule has 1 amide bonds. The Morgan fingerprint density at radius 1 is 1.00 bits per heavy atom. The topological polar surface area (TPSA) is 111 Å². The van der Waals surface area contributed by atoms with Crippen molar-refractivity contribution in [3.63, 3.8) is 0 Å². The van der Waals surface area contributed by atoms with Gasteiger partial charge in [0.1, 0.15) is 16.9 Å². The van der Waals surface area contributed by atoms with E-state index in [4.69, 9.17) is 5.73 Å². The number of nitrogens with zero attached hydrogens (tertiary/aromatic N) is 5. The molecule has 32 heavy (non-hydrogen) atoms. The van der Waals surface area contributed by atoms with E-state index in [9.17, 15) is 4.79 Å². The van der Waals surface area contributed by atoms with Crippen LogP contribution in [0.2, 0.25) is 0 Å². The van der Waals surface area contributed by atoms with Crippen LogP contribution in [0.3, 0.4) is 0 Å². The highest BCUT2D eigenvalue weighted by Gasteiger charge is 2.24. The van der Waals surface area contributed by atoms with E-state index in [0.717, 1.165) is 5.56 Å². The average Bonchev–Trinajstić information content (AvgIpc) is 3.08. The average molecular weight is 421 g/mol. The molecule has 0 radical (unpaired) electrons. The summed E-state index contributed by atoms with van der Waals surface area (Å²) < 4.78 is 1.42. The molecule has 5 aromatic rings. The summed E-state index contributed by atoms with van der Waals surface area (Å²) in [5.74, 6) is -0.236. The summed E-state index contributed by atoms with van der Waals surface area (Å²) in [6, 6.07) is 20.5. The molecule has 156 valence electrons. The van der Waals surface area contributed by atoms with Crippen LogP contribution in [0.25, 0.3) is 22.2 Å². The number of hydrogen-bond donors (Lipinski definition) is 2. The molecule has 8 nitrogen and oxygen atoms in total. The van der Waals surface area contributed by atoms with Gasteiger partial charge in [0.15, 0.2) is 5.65 Å². The zero-order chi connectivity index (χ0) is 22.1. The van der Waals surface area contributed by atoms with Crippen LogP contribution in [0.15, 0.2) is 78.0 Å². The summed E-state index contributed by atoms with van der Waals surface area (Å²) in [5, 5.41) is 7.34. The molecule has 8 heteroatoms. The van der Waals surface area contributed by atoms with Gasteiger partial charge >= 0.3 is 0 Å². The molecule has 0 bridgehead atoms. The van der Waals surface area contributed by atoms with Gasteiger partial charge in [0.2, 0.25) is 0 Å². The Labute approximate surface area is 183 Å². The quantitative estimate of drug-likeness (QED) is 0.426. The molecule has 5 rings (SSSR count). The highest BCUT2D eigenvalue weighted by atomic mass is 16.1. The SMILES string of the molecule is Cc1ccc(NC(=O)c2c(N)n(/N=C/c3ccccn3)c3nc4ccccc4nc23)cc1. The van der Waals surface area contributed by atoms with Crippen LogP contribution in [-0.2, 0) is 0 Å². The summed E-state index contributed by atoms with van der Waals surface area (Å²) in [5.41, 5.74) is 11.1. The van der Waals surface area contributed by atoms with Crippen molar-refractivity contribution in [3.05, 3.63) is 89.7 Å². The number of rotatable bonds is 4. The lowest BCUT2D eigenvalue weighted by Gasteiger charge is -2.05. The van der Waals surface area contributed by atoms with Gasteiger partial charge in [-0.3, -0.25) is 9.78 Å². The molecule has 0 aliphatic rings. The second-order valence-corrected chi connectivity index (χ2v) is 7.28. The summed E-state index contributed by atoms with van der Waals surface area (Å²) in [6.45, 7) is 1.98. The number of aromatic nitrogens is 4. The molecular weight excluding hydrogens is 402 g/mol. The number of aryl methyl sites for hydroxylation is 1. The van der Waals surface area contributed by atoms with Crippen LogP contribution in [-0.4, -0.2) is 31.7 Å². The van der Waals surface area contributed by atoms with Gasteiger partial charge in [0, 0.05) is 11.9 Å². The van der Waals surface area contributed by atoms with Gasteiger partial charge in [-0.1, -0.05) is 35.9 Å². The Morgan fingerprint density at radius 3 is 2.44 bits per heavy atom. The highest BCUT2D eigenvalue weighted by molar-refractivity contribution is 6.16. The maximum atomic E-state index is 13.2. The van der Waals surface area contributed by atoms with Crippen LogP contribution < -0.4 is 11.1 Å². The summed E-state index contributed by atoms with van der Waals surface area (Å²) >= 11 is 0. The van der Waals surface area contributed by atoms with Crippen molar-refractivity contribution >= 4 is 45.8 Å². The third-order valence-electron chi connectivity index (χ3n) is 5.00. The van der Waals surface area contributed by atoms with Gasteiger partial charge in [0.05, 0.1) is 22.9 Å². The van der Waals surface area contributed by atoms with Gasteiger partial charge in [-0.2, -0.15) is 9.78 Å². The number of fused-ring (bicyclic) bond motifs is 2. The molecule has 0 unspecified atom stereocenters. The van der Waals surface area contributed by atoms with Crippen molar-refractivity contribution in [3.8, 4) is 0 Å². The third-order valence-corrected chi connectivity index (χ3v) is 5.00. The molecule has 3 heterocycles. The molecule has 0 saturated heterocycles. The number of nitrogens with one attached hydrogen (secondary N) is 1. The summed E-state index contributed by atoms with van der Waals surface area (Å²) in [4.78, 5) is 26.8. The van der Waals surface area contributed by atoms with Gasteiger partial charge in [-0.15, -0.1) is 0 Å². The Bertz CT molecular complexity index is 1470. The van der Waals surface area contributed by atoms with E-state index in [1.807, 2.05) is 73.7 Å². The van der Waals surface area contributed by atoms with E-state index in [2.05, 4.69) is 25.4 Å². The second-order valence-electron chi connectivity index (χ2n) is 7.28. The maximum Gasteiger partial charge on any atom is 0.261 e. The van der Waals surface area contributed by atoms with Gasteiger partial charge in [-0.05, 0) is 43.3 Å². The van der Waals surface area contributed by atoms with Gasteiger partial charge in [0.25, 0.3) is 5.91 Å². The number of carbonyl (C=O) groups is 1. The fourth-order valence-corrected chi connectivity index (χ4v) is 3.39. The van der Waals surface area contributed by atoms with Crippen molar-refractivity contribution in [1.82, 2.24) is 19.6 Å². The minimum absolute atomic E-state index is 0.145. The van der Waals surface area contributed by atoms with Crippen molar-refractivity contribution in [2.24, 2.45) is 5.10 Å². The zero-order valence-electron chi connectivity index (χ0n) is 17.2. The molecule has 0 saturated carbocycles. The minimum Gasteiger partial charge on any atom is -0.383 e. The van der Waals surface area contributed by atoms with Crippen LogP contribution in [0.1, 0.15) is 21.6 Å². The largest absolute Gasteiger partial charge is 0.383 e. The lowest BCUT2D eigenvalue weighted by molar-refractivity contribution is 0.102. The molecule has 0 fully saturated rings. The molecule has 0 aliphatic heterocycles. The monoisotopic (exact) mass is 421 g/mol. The van der Waals surface area contributed by atoms with Crippen molar-refractivity contribution in [2.75, 3.05) is 11.1 Å². The number of hydrogen-bond acceptors (Lipinski definition) is 6. The fraction of sp³-hybridized carbons (Fsp3) is 0.0417. The first-order valence-corrected chi connectivity index (χ1v) is 10.0. The first kappa shape index (κ1) is 19.4. The first-order valence-electron chi connectivity index (χ1n) is 10.0. The van der Waals surface area contributed by atoms with E-state index in [1.54, 1.807) is 12.4 Å². The Kier molecular flexibility index (Phi) is 4.79. The molecule has 0 spiro atoms. The van der Waals surface area contributed by atoms with E-state index < -0.39 is 0 Å². The number of nitrogens with two attached hydrogens (primary N) is 1. The Hall–Kier alpha value is -4.59. The maximum absolute atomic E-state index is 13.2. The summed E-state index contributed by atoms with van der Waals surface area (Å²) in [7, 11) is 0. The van der Waals surface area contributed by atoms with Crippen molar-refractivity contribution < 1.29 is 4.79 Å². The minimum atomic E-state index is -0.382. The molecule has 0 aliphatic carbocycles. The number of nitrogen functional groups attached to an aromatic ring is 1. The number of pyridine rings is 1. The van der Waals surface area contributed by atoms with Crippen LogP contribution in [0.5, 0.6) is 0 Å². The van der Waals surface area contributed by atoms with Gasteiger partial charge in [-0.25, -0.2) is 9.97 Å². The predicted molar refractivity (Wildman–Crippen MR) is 126 cm³/mol. The summed E-state index contributed by atoms with van der Waals surface area (Å²) in [6.07, 6.45) is 3.24. The number of carbonyl (C=O) groups excluding carboxylic acids is 1. The van der Waals surface area contributed by atoms with E-state index >= 15 is 0 Å². The Balaban J connectivity index is 1.66. The second kappa shape index (κ2) is 7.92. The predicted octanol–water partition coefficient (Wildman–Crippen LogP) is 4.00. The third kappa shape index (κ3) is 3.54. The first-order chi connectivity index (χ1) is 15.6. The number of para-hydroxylation sites is 2. The molecule has 3 N–H and O–H groups in total. The highest BCUT2D eigenvalue weighted by Crippen LogP contribution is 2.28. The van der Waals surface area contributed by atoms with Gasteiger partial charge < -0.3 is 11.1 Å². The van der Waals surface area contributed by atoms with E-state index in [1.165, 1.54) is 4.68 Å². The number of anilines is 2. The van der Waals surface area contributed by atoms with E-state index in [-0.39, 0.29) is 17.3 Å². The molecule has 0 atom stereocenters. The number of benzene rings is 2. The Morgan fingerprint density at radius 2 is 1.72 bits per heavy atom. The molecule has 2 aromatic carbocycles. The number of amides is 1. The normalized spacial score (nSPS) is 11.4. The van der Waals surface area contributed by atoms with E-state index in [0.29, 0.717) is 33.6 Å².